The fourth-order valence-corrected chi connectivity index (χ4v) is 4.54. The van der Waals surface area contributed by atoms with E-state index in [-0.39, 0.29) is 24.0 Å². The molecule has 2 heterocycles. The van der Waals surface area contributed by atoms with E-state index in [4.69, 9.17) is 4.99 Å². The number of rotatable bonds is 7. The van der Waals surface area contributed by atoms with Gasteiger partial charge in [0.05, 0.1) is 0 Å². The number of nitrogens with one attached hydrogen (secondary N) is 2. The minimum absolute atomic E-state index is 0. The van der Waals surface area contributed by atoms with Gasteiger partial charge in [-0.25, -0.2) is 0 Å². The summed E-state index contributed by atoms with van der Waals surface area (Å²) in [6, 6.07) is 2.15. The van der Waals surface area contributed by atoms with E-state index in [1.807, 2.05) is 0 Å². The van der Waals surface area contributed by atoms with Gasteiger partial charge in [0.25, 0.3) is 0 Å². The highest BCUT2D eigenvalue weighted by molar-refractivity contribution is 14.0. The van der Waals surface area contributed by atoms with Crippen molar-refractivity contribution >= 4 is 29.9 Å². The lowest BCUT2D eigenvalue weighted by atomic mass is 9.94. The Labute approximate surface area is 177 Å². The number of hydrogen-bond acceptors (Lipinski definition) is 3. The lowest BCUT2D eigenvalue weighted by molar-refractivity contribution is 0.188. The number of nitrogens with zero attached hydrogens (tertiary/aromatic N) is 3. The molecule has 0 aromatic rings. The van der Waals surface area contributed by atoms with Crippen LogP contribution in [0, 0.1) is 5.92 Å². The summed E-state index contributed by atoms with van der Waals surface area (Å²) in [7, 11) is 0. The molecule has 0 spiro atoms. The average molecular weight is 477 g/mol. The smallest absolute Gasteiger partial charge is 0.191 e. The van der Waals surface area contributed by atoms with E-state index in [2.05, 4.69) is 41.2 Å². The Kier molecular flexibility index (Phi) is 9.44. The van der Waals surface area contributed by atoms with E-state index in [0.29, 0.717) is 6.04 Å². The zero-order chi connectivity index (χ0) is 17.6. The van der Waals surface area contributed by atoms with E-state index >= 15 is 0 Å². The Morgan fingerprint density at radius 3 is 2.46 bits per heavy atom. The number of halogens is 1. The largest absolute Gasteiger partial charge is 0.357 e. The van der Waals surface area contributed by atoms with Crippen molar-refractivity contribution in [3.63, 3.8) is 0 Å². The van der Waals surface area contributed by atoms with Crippen LogP contribution in [0.1, 0.15) is 59.3 Å². The first-order chi connectivity index (χ1) is 12.2. The summed E-state index contributed by atoms with van der Waals surface area (Å²) in [5, 5.41) is 7.15. The summed E-state index contributed by atoms with van der Waals surface area (Å²) in [6.45, 7) is 13.7. The number of likely N-dealkylation sites (tertiary alicyclic amines) is 2. The van der Waals surface area contributed by atoms with Crippen LogP contribution in [0.3, 0.4) is 0 Å². The molecule has 5 nitrogen and oxygen atoms in total. The highest BCUT2D eigenvalue weighted by Gasteiger charge is 2.38. The molecular formula is C20H40IN5. The van der Waals surface area contributed by atoms with Crippen LogP contribution in [0.2, 0.25) is 0 Å². The first-order valence-corrected chi connectivity index (χ1v) is 10.7. The van der Waals surface area contributed by atoms with Crippen molar-refractivity contribution in [3.05, 3.63) is 0 Å². The fourth-order valence-electron chi connectivity index (χ4n) is 4.54. The van der Waals surface area contributed by atoms with Crippen molar-refractivity contribution in [2.45, 2.75) is 77.4 Å². The van der Waals surface area contributed by atoms with Crippen LogP contribution < -0.4 is 10.6 Å². The van der Waals surface area contributed by atoms with Gasteiger partial charge in [0.1, 0.15) is 0 Å². The van der Waals surface area contributed by atoms with Gasteiger partial charge >= 0.3 is 0 Å². The SMILES string of the molecule is CCNC(=NCCC1CCN(CC)CC1)NC1CC(C)N(C2CC2)C1.I. The Morgan fingerprint density at radius 1 is 1.12 bits per heavy atom. The molecule has 2 N–H and O–H groups in total. The third kappa shape index (κ3) is 6.51. The Morgan fingerprint density at radius 2 is 1.85 bits per heavy atom. The second-order valence-electron chi connectivity index (χ2n) is 8.28. The predicted octanol–water partition coefficient (Wildman–Crippen LogP) is 2.91. The number of hydrogen-bond donors (Lipinski definition) is 2. The molecule has 0 amide bonds. The second kappa shape index (κ2) is 11.1. The molecule has 2 unspecified atom stereocenters. The molecule has 2 saturated heterocycles. The minimum atomic E-state index is 0. The first-order valence-electron chi connectivity index (χ1n) is 10.7. The van der Waals surface area contributed by atoms with Gasteiger partial charge in [0.2, 0.25) is 0 Å². The maximum absolute atomic E-state index is 4.88. The predicted molar refractivity (Wildman–Crippen MR) is 122 cm³/mol. The maximum Gasteiger partial charge on any atom is 0.191 e. The van der Waals surface area contributed by atoms with Gasteiger partial charge in [-0.15, -0.1) is 24.0 Å². The minimum Gasteiger partial charge on any atom is -0.357 e. The Hall–Kier alpha value is -0.0800. The lowest BCUT2D eigenvalue weighted by Crippen LogP contribution is -2.44. The van der Waals surface area contributed by atoms with Gasteiger partial charge in [-0.1, -0.05) is 6.92 Å². The zero-order valence-corrected chi connectivity index (χ0v) is 19.4. The molecule has 1 saturated carbocycles. The Bertz CT molecular complexity index is 432. The fraction of sp³-hybridized carbons (Fsp3) is 0.950. The normalized spacial score (nSPS) is 28.8. The van der Waals surface area contributed by atoms with Crippen molar-refractivity contribution in [3.8, 4) is 0 Å². The van der Waals surface area contributed by atoms with Crippen LogP contribution >= 0.6 is 24.0 Å². The van der Waals surface area contributed by atoms with Gasteiger partial charge in [-0.2, -0.15) is 0 Å². The zero-order valence-electron chi connectivity index (χ0n) is 17.0. The molecule has 2 aliphatic heterocycles. The van der Waals surface area contributed by atoms with E-state index < -0.39 is 0 Å². The lowest BCUT2D eigenvalue weighted by Gasteiger charge is -2.30. The summed E-state index contributed by atoms with van der Waals surface area (Å²) in [5.41, 5.74) is 0. The van der Waals surface area contributed by atoms with Gasteiger partial charge in [0, 0.05) is 37.8 Å². The van der Waals surface area contributed by atoms with Gasteiger partial charge < -0.3 is 15.5 Å². The van der Waals surface area contributed by atoms with Crippen LogP contribution in [-0.4, -0.2) is 73.2 Å². The van der Waals surface area contributed by atoms with Crippen LogP contribution in [0.4, 0.5) is 0 Å². The molecular weight excluding hydrogens is 437 g/mol. The molecule has 1 aliphatic carbocycles. The number of guanidine groups is 1. The maximum atomic E-state index is 4.88. The standard InChI is InChI=1S/C20H39N5.HI/c1-4-21-20(22-11-8-17-9-12-24(5-2)13-10-17)23-18-14-16(3)25(15-18)19-6-7-19;/h16-19H,4-15H2,1-3H3,(H2,21,22,23);1H. The summed E-state index contributed by atoms with van der Waals surface area (Å²) in [6.07, 6.45) is 8.00. The molecule has 6 heteroatoms. The highest BCUT2D eigenvalue weighted by atomic mass is 127. The van der Waals surface area contributed by atoms with Crippen molar-refractivity contribution in [2.75, 3.05) is 39.3 Å². The van der Waals surface area contributed by atoms with Crippen molar-refractivity contribution in [1.29, 1.82) is 0 Å². The Balaban J connectivity index is 0.00000243. The van der Waals surface area contributed by atoms with Crippen LogP contribution in [0.5, 0.6) is 0 Å². The molecule has 2 atom stereocenters. The molecule has 0 aromatic carbocycles. The summed E-state index contributed by atoms with van der Waals surface area (Å²) in [4.78, 5) is 10.1. The highest BCUT2D eigenvalue weighted by Crippen LogP contribution is 2.33. The average Bonchev–Trinajstić information content (AvgIpc) is 3.39. The topological polar surface area (TPSA) is 42.9 Å². The molecule has 0 aromatic heterocycles. The van der Waals surface area contributed by atoms with Crippen LogP contribution in [0.25, 0.3) is 0 Å². The monoisotopic (exact) mass is 477 g/mol. The summed E-state index contributed by atoms with van der Waals surface area (Å²) < 4.78 is 0. The third-order valence-corrected chi connectivity index (χ3v) is 6.29. The molecule has 152 valence electrons. The summed E-state index contributed by atoms with van der Waals surface area (Å²) >= 11 is 0. The van der Waals surface area contributed by atoms with Gasteiger partial charge in [0.15, 0.2) is 5.96 Å². The first kappa shape index (κ1) is 22.2. The molecule has 3 aliphatic rings. The van der Waals surface area contributed by atoms with E-state index in [0.717, 1.165) is 37.1 Å². The van der Waals surface area contributed by atoms with Crippen LogP contribution in [0.15, 0.2) is 4.99 Å². The molecule has 0 radical (unpaired) electrons. The van der Waals surface area contributed by atoms with Gasteiger partial charge in [-0.05, 0) is 77.9 Å². The quantitative estimate of drug-likeness (QED) is 0.336. The van der Waals surface area contributed by atoms with E-state index in [9.17, 15) is 0 Å². The van der Waals surface area contributed by atoms with Crippen molar-refractivity contribution < 1.29 is 0 Å². The van der Waals surface area contributed by atoms with Gasteiger partial charge in [-0.3, -0.25) is 9.89 Å². The number of piperidine rings is 1. The van der Waals surface area contributed by atoms with Crippen molar-refractivity contribution in [1.82, 2.24) is 20.4 Å². The third-order valence-electron chi connectivity index (χ3n) is 6.29. The second-order valence-corrected chi connectivity index (χ2v) is 8.28. The molecule has 3 fully saturated rings. The van der Waals surface area contributed by atoms with E-state index in [1.165, 1.54) is 64.7 Å². The van der Waals surface area contributed by atoms with E-state index in [1.54, 1.807) is 0 Å². The summed E-state index contributed by atoms with van der Waals surface area (Å²) in [5.74, 6) is 1.90. The number of aliphatic imine (C=N–C) groups is 1. The van der Waals surface area contributed by atoms with Crippen LogP contribution in [-0.2, 0) is 0 Å². The molecule has 26 heavy (non-hydrogen) atoms. The molecule has 3 rings (SSSR count). The van der Waals surface area contributed by atoms with Crippen molar-refractivity contribution in [2.24, 2.45) is 10.9 Å². The molecule has 0 bridgehead atoms.